The van der Waals surface area contributed by atoms with Crippen LogP contribution in [0.1, 0.15) is 83.2 Å². The molecule has 21 heavy (non-hydrogen) atoms. The van der Waals surface area contributed by atoms with Crippen molar-refractivity contribution in [2.24, 2.45) is 5.92 Å². The fourth-order valence-electron chi connectivity index (χ4n) is 2.01. The molecule has 0 saturated carbocycles. The van der Waals surface area contributed by atoms with Crippen molar-refractivity contribution in [3.63, 3.8) is 0 Å². The summed E-state index contributed by atoms with van der Waals surface area (Å²) in [6.45, 7) is 11.3. The van der Waals surface area contributed by atoms with Crippen molar-refractivity contribution in [1.29, 1.82) is 0 Å². The van der Waals surface area contributed by atoms with E-state index in [-0.39, 0.29) is 17.1 Å². The van der Waals surface area contributed by atoms with Crippen LogP contribution in [0.4, 0.5) is 0 Å². The first kappa shape index (κ1) is 17.7. The van der Waals surface area contributed by atoms with Gasteiger partial charge in [0.25, 0.3) is 5.91 Å². The topological polar surface area (TPSA) is 70.7 Å². The Morgan fingerprint density at radius 3 is 2.43 bits per heavy atom. The third kappa shape index (κ3) is 6.74. The van der Waals surface area contributed by atoms with E-state index in [0.29, 0.717) is 6.54 Å². The number of amides is 1. The molecule has 0 radical (unpaired) electrons. The minimum absolute atomic E-state index is 0.123. The van der Waals surface area contributed by atoms with Gasteiger partial charge in [0, 0.05) is 12.0 Å². The van der Waals surface area contributed by atoms with Crippen LogP contribution in [0.5, 0.6) is 0 Å². The third-order valence-corrected chi connectivity index (χ3v) is 3.39. The second-order valence-electron chi connectivity index (χ2n) is 7.11. The molecule has 0 spiro atoms. The van der Waals surface area contributed by atoms with Gasteiger partial charge in [0.1, 0.15) is 5.82 Å². The van der Waals surface area contributed by atoms with Crippen LogP contribution in [0.25, 0.3) is 0 Å². The molecule has 1 amide bonds. The molecule has 5 nitrogen and oxygen atoms in total. The average molecular weight is 294 g/mol. The summed E-state index contributed by atoms with van der Waals surface area (Å²) in [5, 5.41) is 9.70. The maximum Gasteiger partial charge on any atom is 0.290 e. The summed E-state index contributed by atoms with van der Waals surface area (Å²) in [7, 11) is 0. The van der Waals surface area contributed by atoms with Gasteiger partial charge in [-0.3, -0.25) is 9.89 Å². The van der Waals surface area contributed by atoms with Gasteiger partial charge < -0.3 is 5.32 Å². The van der Waals surface area contributed by atoms with Crippen LogP contribution in [0, 0.1) is 5.92 Å². The molecule has 2 N–H and O–H groups in total. The Kier molecular flexibility index (Phi) is 6.85. The van der Waals surface area contributed by atoms with Crippen LogP contribution in [0.15, 0.2) is 0 Å². The number of unbranched alkanes of at least 4 members (excludes halogenated alkanes) is 3. The second-order valence-corrected chi connectivity index (χ2v) is 7.11. The van der Waals surface area contributed by atoms with Gasteiger partial charge in [-0.15, -0.1) is 5.10 Å². The highest BCUT2D eigenvalue weighted by atomic mass is 16.2. The Labute approximate surface area is 128 Å². The maximum atomic E-state index is 11.9. The second kappa shape index (κ2) is 8.15. The Morgan fingerprint density at radius 2 is 1.86 bits per heavy atom. The highest BCUT2D eigenvalue weighted by molar-refractivity contribution is 5.90. The number of nitrogens with zero attached hydrogens (tertiary/aromatic N) is 2. The van der Waals surface area contributed by atoms with E-state index in [1.54, 1.807) is 0 Å². The molecule has 0 aliphatic heterocycles. The Balaban J connectivity index is 2.21. The fraction of sp³-hybridized carbons (Fsp3) is 0.812. The molecule has 0 saturated heterocycles. The lowest BCUT2D eigenvalue weighted by Gasteiger charge is -2.12. The molecule has 1 aromatic rings. The van der Waals surface area contributed by atoms with Crippen molar-refractivity contribution in [3.05, 3.63) is 11.6 Å². The van der Waals surface area contributed by atoms with E-state index >= 15 is 0 Å². The molecule has 120 valence electrons. The van der Waals surface area contributed by atoms with Crippen LogP contribution in [0.3, 0.4) is 0 Å². The number of H-pyrrole nitrogens is 1. The first-order valence-electron chi connectivity index (χ1n) is 8.02. The van der Waals surface area contributed by atoms with Gasteiger partial charge in [0.15, 0.2) is 0 Å². The molecule has 1 rings (SSSR count). The van der Waals surface area contributed by atoms with Gasteiger partial charge >= 0.3 is 0 Å². The summed E-state index contributed by atoms with van der Waals surface area (Å²) in [5.41, 5.74) is -0.123. The van der Waals surface area contributed by atoms with Gasteiger partial charge in [-0.2, -0.15) is 0 Å². The third-order valence-electron chi connectivity index (χ3n) is 3.39. The summed E-state index contributed by atoms with van der Waals surface area (Å²) in [6, 6.07) is 0. The number of carbonyl (C=O) groups excluding carboxylic acids is 1. The summed E-state index contributed by atoms with van der Waals surface area (Å²) in [4.78, 5) is 16.2. The number of carbonyl (C=O) groups is 1. The van der Waals surface area contributed by atoms with Crippen LogP contribution < -0.4 is 5.32 Å². The quantitative estimate of drug-likeness (QED) is 0.721. The number of hydrogen-bond acceptors (Lipinski definition) is 3. The van der Waals surface area contributed by atoms with Crippen molar-refractivity contribution in [3.8, 4) is 0 Å². The van der Waals surface area contributed by atoms with Gasteiger partial charge in [0.05, 0.1) is 0 Å². The lowest BCUT2D eigenvalue weighted by molar-refractivity contribution is 0.0943. The van der Waals surface area contributed by atoms with E-state index in [9.17, 15) is 4.79 Å². The minimum Gasteiger partial charge on any atom is -0.349 e. The van der Waals surface area contributed by atoms with Crippen molar-refractivity contribution >= 4 is 5.91 Å². The highest BCUT2D eigenvalue weighted by Crippen LogP contribution is 2.17. The van der Waals surface area contributed by atoms with Gasteiger partial charge in [-0.1, -0.05) is 60.3 Å². The largest absolute Gasteiger partial charge is 0.349 e. The number of aromatic amines is 1. The number of hydrogen-bond donors (Lipinski definition) is 2. The van der Waals surface area contributed by atoms with E-state index in [1.165, 1.54) is 19.3 Å². The molecule has 5 heteroatoms. The van der Waals surface area contributed by atoms with Gasteiger partial charge in [0.2, 0.25) is 5.82 Å². The predicted octanol–water partition coefficient (Wildman–Crippen LogP) is 3.44. The van der Waals surface area contributed by atoms with Crippen LogP contribution >= 0.6 is 0 Å². The van der Waals surface area contributed by atoms with E-state index in [0.717, 1.165) is 24.6 Å². The van der Waals surface area contributed by atoms with Gasteiger partial charge in [-0.25, -0.2) is 4.98 Å². The lowest BCUT2D eigenvalue weighted by Crippen LogP contribution is -2.25. The Bertz CT molecular complexity index is 432. The zero-order valence-electron chi connectivity index (χ0n) is 14.1. The molecular formula is C16H30N4O. The van der Waals surface area contributed by atoms with Crippen LogP contribution in [0.2, 0.25) is 0 Å². The normalized spacial score (nSPS) is 11.9. The molecule has 1 aromatic heterocycles. The molecular weight excluding hydrogens is 264 g/mol. The van der Waals surface area contributed by atoms with Gasteiger partial charge in [-0.05, 0) is 12.3 Å². The molecule has 0 unspecified atom stereocenters. The first-order chi connectivity index (χ1) is 9.80. The molecule has 0 aliphatic rings. The lowest BCUT2D eigenvalue weighted by atomic mass is 9.96. The number of aromatic nitrogens is 3. The first-order valence-corrected chi connectivity index (χ1v) is 8.02. The van der Waals surface area contributed by atoms with Crippen molar-refractivity contribution in [1.82, 2.24) is 20.5 Å². The Hall–Kier alpha value is -1.39. The van der Waals surface area contributed by atoms with E-state index in [4.69, 9.17) is 0 Å². The highest BCUT2D eigenvalue weighted by Gasteiger charge is 2.20. The van der Waals surface area contributed by atoms with E-state index in [2.05, 4.69) is 34.3 Å². The monoisotopic (exact) mass is 294 g/mol. The van der Waals surface area contributed by atoms with E-state index < -0.39 is 0 Å². The summed E-state index contributed by atoms with van der Waals surface area (Å²) < 4.78 is 0. The summed E-state index contributed by atoms with van der Waals surface area (Å²) in [5.74, 6) is 1.57. The van der Waals surface area contributed by atoms with Crippen molar-refractivity contribution in [2.75, 3.05) is 6.54 Å². The SMILES string of the molecule is CC(C)CCCCCCNC(=O)c1n[nH]c(C(C)(C)C)n1. The molecule has 0 aliphatic carbocycles. The van der Waals surface area contributed by atoms with Crippen molar-refractivity contribution in [2.45, 2.75) is 72.1 Å². The summed E-state index contributed by atoms with van der Waals surface area (Å²) >= 11 is 0. The number of nitrogens with one attached hydrogen (secondary N) is 2. The number of rotatable bonds is 8. The summed E-state index contributed by atoms with van der Waals surface area (Å²) in [6.07, 6.45) is 5.98. The molecule has 0 aromatic carbocycles. The molecule has 0 fully saturated rings. The predicted molar refractivity (Wildman–Crippen MR) is 85.3 cm³/mol. The zero-order chi connectivity index (χ0) is 15.9. The van der Waals surface area contributed by atoms with Crippen LogP contribution in [-0.2, 0) is 5.41 Å². The minimum atomic E-state index is -0.191. The fourth-order valence-corrected chi connectivity index (χ4v) is 2.01. The standard InChI is InChI=1S/C16H30N4O/c1-12(2)10-8-6-7-9-11-17-14(21)13-18-15(20-19-13)16(3,4)5/h12H,6-11H2,1-5H3,(H,17,21)(H,18,19,20). The smallest absolute Gasteiger partial charge is 0.290 e. The Morgan fingerprint density at radius 1 is 1.19 bits per heavy atom. The van der Waals surface area contributed by atoms with E-state index in [1.807, 2.05) is 20.8 Å². The molecule has 1 heterocycles. The molecule has 0 bridgehead atoms. The average Bonchev–Trinajstić information content (AvgIpc) is 2.86. The maximum absolute atomic E-state index is 11.9. The molecule has 0 atom stereocenters. The van der Waals surface area contributed by atoms with Crippen molar-refractivity contribution < 1.29 is 4.79 Å². The zero-order valence-corrected chi connectivity index (χ0v) is 14.1. The van der Waals surface area contributed by atoms with Crippen LogP contribution in [-0.4, -0.2) is 27.6 Å².